The predicted octanol–water partition coefficient (Wildman–Crippen LogP) is 4.11. The Balaban J connectivity index is 1.62. The SMILES string of the molecule is CNC(=O)C(NC(=O)C(OCc1ccc(-c2ccsc2)cc1)C(O)C(O)C(OCc1ccc(-c2ccsc2)cc1)C(=O)NC(C(=O)NC)C(C)C)C(C)C. The van der Waals surface area contributed by atoms with E-state index in [1.54, 1.807) is 50.4 Å². The molecule has 290 valence electrons. The first-order chi connectivity index (χ1) is 25.8. The summed E-state index contributed by atoms with van der Waals surface area (Å²) in [6, 6.07) is 16.9. The van der Waals surface area contributed by atoms with E-state index in [0.717, 1.165) is 22.3 Å². The van der Waals surface area contributed by atoms with Crippen LogP contribution in [-0.2, 0) is 41.9 Å². The minimum absolute atomic E-state index is 0.154. The third-order valence-corrected chi connectivity index (χ3v) is 10.3. The Morgan fingerprint density at radius 3 is 1.19 bits per heavy atom. The number of hydrogen-bond donors (Lipinski definition) is 6. The Hall–Kier alpha value is -4.44. The number of carbonyl (C=O) groups is 4. The lowest BCUT2D eigenvalue weighted by atomic mass is 9.98. The molecule has 0 radical (unpaired) electrons. The molecule has 0 bridgehead atoms. The maximum atomic E-state index is 13.9. The van der Waals surface area contributed by atoms with E-state index in [1.807, 2.05) is 82.2 Å². The van der Waals surface area contributed by atoms with Crippen molar-refractivity contribution in [2.45, 2.75) is 77.4 Å². The average Bonchev–Trinajstić information content (AvgIpc) is 3.92. The van der Waals surface area contributed by atoms with Crippen LogP contribution in [-0.4, -0.2) is 84.4 Å². The van der Waals surface area contributed by atoms with E-state index in [0.29, 0.717) is 11.1 Å². The van der Waals surface area contributed by atoms with Gasteiger partial charge in [-0.1, -0.05) is 76.2 Å². The molecular weight excluding hydrogens is 729 g/mol. The van der Waals surface area contributed by atoms with Crippen molar-refractivity contribution in [1.82, 2.24) is 21.3 Å². The van der Waals surface area contributed by atoms with E-state index < -0.39 is 60.1 Å². The maximum absolute atomic E-state index is 13.9. The van der Waals surface area contributed by atoms with E-state index >= 15 is 0 Å². The van der Waals surface area contributed by atoms with E-state index in [9.17, 15) is 29.4 Å². The number of aliphatic hydroxyl groups excluding tert-OH is 2. The topological polar surface area (TPSA) is 175 Å². The van der Waals surface area contributed by atoms with Gasteiger partial charge in [0.05, 0.1) is 13.2 Å². The van der Waals surface area contributed by atoms with E-state index in [4.69, 9.17) is 9.47 Å². The van der Waals surface area contributed by atoms with Gasteiger partial charge < -0.3 is 41.0 Å². The number of nitrogens with one attached hydrogen (secondary N) is 4. The molecule has 4 amide bonds. The third kappa shape index (κ3) is 11.3. The number of carbonyl (C=O) groups excluding carboxylic acids is 4. The molecule has 2 heterocycles. The molecule has 0 fully saturated rings. The number of ether oxygens (including phenoxy) is 2. The second-order valence-corrected chi connectivity index (χ2v) is 15.1. The largest absolute Gasteiger partial charge is 0.387 e. The lowest BCUT2D eigenvalue weighted by Gasteiger charge is -2.32. The third-order valence-electron chi connectivity index (χ3n) is 8.95. The van der Waals surface area contributed by atoms with Gasteiger partial charge in [0.25, 0.3) is 11.8 Å². The predicted molar refractivity (Wildman–Crippen MR) is 210 cm³/mol. The van der Waals surface area contributed by atoms with Crippen molar-refractivity contribution in [3.05, 3.63) is 93.3 Å². The van der Waals surface area contributed by atoms with Crippen molar-refractivity contribution in [3.63, 3.8) is 0 Å². The molecule has 6 N–H and O–H groups in total. The Kier molecular flexibility index (Phi) is 15.9. The molecule has 0 aliphatic rings. The van der Waals surface area contributed by atoms with Crippen LogP contribution in [0.5, 0.6) is 0 Å². The summed E-state index contributed by atoms with van der Waals surface area (Å²) in [7, 11) is 2.88. The summed E-state index contributed by atoms with van der Waals surface area (Å²) in [5.74, 6) is -3.37. The molecule has 54 heavy (non-hydrogen) atoms. The van der Waals surface area contributed by atoms with Gasteiger partial charge in [-0.15, -0.1) is 0 Å². The lowest BCUT2D eigenvalue weighted by Crippen LogP contribution is -2.60. The first-order valence-corrected chi connectivity index (χ1v) is 19.6. The van der Waals surface area contributed by atoms with Crippen LogP contribution in [0.2, 0.25) is 0 Å². The van der Waals surface area contributed by atoms with Crippen LogP contribution in [0.15, 0.2) is 82.2 Å². The van der Waals surface area contributed by atoms with Crippen LogP contribution in [0.4, 0.5) is 0 Å². The fraction of sp³-hybridized carbons (Fsp3) is 0.400. The zero-order valence-corrected chi connectivity index (χ0v) is 32.9. The first-order valence-electron chi connectivity index (χ1n) is 17.7. The highest BCUT2D eigenvalue weighted by Crippen LogP contribution is 2.25. The Bertz CT molecular complexity index is 1650. The van der Waals surface area contributed by atoms with E-state index in [-0.39, 0.29) is 25.0 Å². The summed E-state index contributed by atoms with van der Waals surface area (Å²) < 4.78 is 12.0. The lowest BCUT2D eigenvalue weighted by molar-refractivity contribution is -0.171. The minimum atomic E-state index is -2.03. The molecule has 12 nitrogen and oxygen atoms in total. The number of amides is 4. The molecule has 4 aromatic rings. The van der Waals surface area contributed by atoms with Crippen LogP contribution >= 0.6 is 22.7 Å². The summed E-state index contributed by atoms with van der Waals surface area (Å²) >= 11 is 3.16. The van der Waals surface area contributed by atoms with Gasteiger partial charge in [-0.05, 0) is 78.9 Å². The van der Waals surface area contributed by atoms with Gasteiger partial charge in [0.15, 0.2) is 12.2 Å². The molecule has 0 aliphatic heterocycles. The summed E-state index contributed by atoms with van der Waals surface area (Å²) in [4.78, 5) is 53.1. The normalized spacial score (nSPS) is 14.8. The molecule has 6 atom stereocenters. The molecule has 14 heteroatoms. The highest BCUT2D eigenvalue weighted by atomic mass is 32.1. The molecular formula is C40H50N4O8S2. The van der Waals surface area contributed by atoms with Gasteiger partial charge in [0, 0.05) is 14.1 Å². The first kappa shape index (κ1) is 42.3. The molecule has 0 saturated carbocycles. The molecule has 2 aromatic heterocycles. The Morgan fingerprint density at radius 2 is 0.907 bits per heavy atom. The van der Waals surface area contributed by atoms with Crippen LogP contribution in [0.25, 0.3) is 22.3 Å². The molecule has 6 unspecified atom stereocenters. The standard InChI is InChI=1S/C40H50N4O8S2/c1-23(2)31(37(47)41-5)43-39(49)35(51-19-25-7-11-27(12-8-25)29-15-17-53-21-29)33(45)34(46)36(40(50)44-32(24(3)4)38(48)42-6)52-20-26-9-13-28(14-10-26)30-16-18-54-22-30/h7-18,21-24,31-36,45-46H,19-20H2,1-6H3,(H,41,47)(H,42,48)(H,43,49)(H,44,50). The fourth-order valence-corrected chi connectivity index (χ4v) is 7.01. The van der Waals surface area contributed by atoms with Crippen molar-refractivity contribution in [1.29, 1.82) is 0 Å². The fourth-order valence-electron chi connectivity index (χ4n) is 5.68. The Labute approximate surface area is 324 Å². The zero-order chi connectivity index (χ0) is 39.4. The maximum Gasteiger partial charge on any atom is 0.252 e. The van der Waals surface area contributed by atoms with Gasteiger partial charge in [0.2, 0.25) is 11.8 Å². The average molecular weight is 779 g/mol. The van der Waals surface area contributed by atoms with Gasteiger partial charge in [0.1, 0.15) is 24.3 Å². The summed E-state index contributed by atoms with van der Waals surface area (Å²) in [5.41, 5.74) is 5.41. The molecule has 0 saturated heterocycles. The minimum Gasteiger partial charge on any atom is -0.387 e. The van der Waals surface area contributed by atoms with Crippen LogP contribution in [0.3, 0.4) is 0 Å². The quantitative estimate of drug-likeness (QED) is 0.0825. The number of hydrogen-bond acceptors (Lipinski definition) is 10. The summed E-state index contributed by atoms with van der Waals surface area (Å²) in [6.45, 7) is 6.67. The van der Waals surface area contributed by atoms with Gasteiger partial charge in [-0.3, -0.25) is 19.2 Å². The van der Waals surface area contributed by atoms with E-state index in [1.165, 1.54) is 14.1 Å². The molecule has 0 spiro atoms. The van der Waals surface area contributed by atoms with Gasteiger partial charge in [-0.25, -0.2) is 0 Å². The Morgan fingerprint density at radius 1 is 0.556 bits per heavy atom. The highest BCUT2D eigenvalue weighted by Gasteiger charge is 2.42. The molecule has 0 aliphatic carbocycles. The smallest absolute Gasteiger partial charge is 0.252 e. The van der Waals surface area contributed by atoms with Crippen LogP contribution in [0, 0.1) is 11.8 Å². The number of aliphatic hydroxyl groups is 2. The second kappa shape index (κ2) is 20.3. The summed E-state index contributed by atoms with van der Waals surface area (Å²) in [5, 5.41) is 41.8. The van der Waals surface area contributed by atoms with Crippen molar-refractivity contribution < 1.29 is 38.9 Å². The zero-order valence-electron chi connectivity index (χ0n) is 31.3. The van der Waals surface area contributed by atoms with Crippen molar-refractivity contribution in [2.24, 2.45) is 11.8 Å². The van der Waals surface area contributed by atoms with Crippen LogP contribution in [0.1, 0.15) is 38.8 Å². The van der Waals surface area contributed by atoms with Crippen molar-refractivity contribution >= 4 is 46.3 Å². The van der Waals surface area contributed by atoms with E-state index in [2.05, 4.69) is 21.3 Å². The number of benzene rings is 2. The highest BCUT2D eigenvalue weighted by molar-refractivity contribution is 7.08. The van der Waals surface area contributed by atoms with Crippen molar-refractivity contribution in [3.8, 4) is 22.3 Å². The van der Waals surface area contributed by atoms with Crippen LogP contribution < -0.4 is 21.3 Å². The number of thiophene rings is 2. The molecule has 4 rings (SSSR count). The summed E-state index contributed by atoms with van der Waals surface area (Å²) in [6.07, 6.45) is -7.57. The number of rotatable bonds is 19. The van der Waals surface area contributed by atoms with Gasteiger partial charge >= 0.3 is 0 Å². The monoisotopic (exact) mass is 778 g/mol. The van der Waals surface area contributed by atoms with Crippen molar-refractivity contribution in [2.75, 3.05) is 14.1 Å². The molecule has 2 aromatic carbocycles. The second-order valence-electron chi connectivity index (χ2n) is 13.6. The number of likely N-dealkylation sites (N-methyl/N-ethyl adjacent to an activating group) is 2. The van der Waals surface area contributed by atoms with Gasteiger partial charge in [-0.2, -0.15) is 22.7 Å².